The van der Waals surface area contributed by atoms with Crippen molar-refractivity contribution in [1.29, 1.82) is 0 Å². The molecule has 0 aliphatic rings. The predicted octanol–water partition coefficient (Wildman–Crippen LogP) is 2.21. The molecule has 0 atom stereocenters. The molecule has 1 aromatic rings. The lowest BCUT2D eigenvalue weighted by Crippen LogP contribution is -2.30. The van der Waals surface area contributed by atoms with E-state index in [0.717, 1.165) is 26.0 Å². The molecule has 0 aliphatic heterocycles. The monoisotopic (exact) mass is 300 g/mol. The van der Waals surface area contributed by atoms with E-state index in [2.05, 4.69) is 10.0 Å². The molecular formula is C14H24N2O3S. The van der Waals surface area contributed by atoms with Crippen LogP contribution in [-0.2, 0) is 14.8 Å². The predicted molar refractivity (Wildman–Crippen MR) is 81.5 cm³/mol. The van der Waals surface area contributed by atoms with Crippen LogP contribution < -0.4 is 10.0 Å². The van der Waals surface area contributed by atoms with Gasteiger partial charge in [-0.05, 0) is 38.8 Å². The summed E-state index contributed by atoms with van der Waals surface area (Å²) in [5.74, 6) is 0. The Kier molecular flexibility index (Phi) is 6.98. The van der Waals surface area contributed by atoms with Gasteiger partial charge in [0.1, 0.15) is 4.90 Å². The summed E-state index contributed by atoms with van der Waals surface area (Å²) in [6.07, 6.45) is 1.88. The molecule has 0 unspecified atom stereocenters. The van der Waals surface area contributed by atoms with Crippen molar-refractivity contribution >= 4 is 15.7 Å². The highest BCUT2D eigenvalue weighted by Gasteiger charge is 2.18. The van der Waals surface area contributed by atoms with Crippen LogP contribution in [0.4, 0.5) is 5.69 Å². The normalized spacial score (nSPS) is 11.8. The lowest BCUT2D eigenvalue weighted by atomic mass is 10.3. The fourth-order valence-electron chi connectivity index (χ4n) is 1.82. The highest BCUT2D eigenvalue weighted by atomic mass is 32.2. The molecule has 2 N–H and O–H groups in total. The van der Waals surface area contributed by atoms with Crippen molar-refractivity contribution in [2.24, 2.45) is 0 Å². The Morgan fingerprint density at radius 3 is 2.55 bits per heavy atom. The number of rotatable bonds is 9. The highest BCUT2D eigenvalue weighted by molar-refractivity contribution is 7.89. The van der Waals surface area contributed by atoms with Crippen LogP contribution in [0.2, 0.25) is 0 Å². The Bertz CT molecular complexity index is 501. The summed E-state index contributed by atoms with van der Waals surface area (Å²) in [5, 5.41) is 3.18. The topological polar surface area (TPSA) is 67.4 Å². The number of anilines is 1. The van der Waals surface area contributed by atoms with Gasteiger partial charge in [0.2, 0.25) is 10.0 Å². The third kappa shape index (κ3) is 5.48. The van der Waals surface area contributed by atoms with Crippen LogP contribution in [0.25, 0.3) is 0 Å². The van der Waals surface area contributed by atoms with Gasteiger partial charge < -0.3 is 10.1 Å². The van der Waals surface area contributed by atoms with E-state index in [1.807, 2.05) is 6.07 Å². The molecule has 0 aromatic heterocycles. The van der Waals surface area contributed by atoms with E-state index in [9.17, 15) is 8.42 Å². The van der Waals surface area contributed by atoms with Gasteiger partial charge in [0, 0.05) is 26.3 Å². The Hall–Kier alpha value is -1.11. The Morgan fingerprint density at radius 1 is 1.20 bits per heavy atom. The zero-order valence-electron chi connectivity index (χ0n) is 12.3. The summed E-state index contributed by atoms with van der Waals surface area (Å²) in [6, 6.07) is 6.82. The van der Waals surface area contributed by atoms with Crippen LogP contribution in [0.15, 0.2) is 29.2 Å². The SMILES string of the molecule is COCCCCNc1ccccc1S(=O)(=O)NC(C)C. The lowest BCUT2D eigenvalue weighted by Gasteiger charge is -2.14. The third-order valence-electron chi connectivity index (χ3n) is 2.66. The molecule has 6 heteroatoms. The average Bonchev–Trinajstić information content (AvgIpc) is 2.37. The summed E-state index contributed by atoms with van der Waals surface area (Å²) in [7, 11) is -1.80. The number of nitrogens with one attached hydrogen (secondary N) is 2. The van der Waals surface area contributed by atoms with E-state index in [-0.39, 0.29) is 6.04 Å². The van der Waals surface area contributed by atoms with E-state index in [1.54, 1.807) is 39.2 Å². The number of unbranched alkanes of at least 4 members (excludes halogenated alkanes) is 1. The number of hydrogen-bond donors (Lipinski definition) is 2. The number of para-hydroxylation sites is 1. The van der Waals surface area contributed by atoms with Crippen molar-refractivity contribution in [3.63, 3.8) is 0 Å². The molecular weight excluding hydrogens is 276 g/mol. The number of sulfonamides is 1. The standard InChI is InChI=1S/C14H24N2O3S/c1-12(2)16-20(17,18)14-9-5-4-8-13(14)15-10-6-7-11-19-3/h4-5,8-9,12,15-16H,6-7,10-11H2,1-3H3. The number of benzene rings is 1. The maximum absolute atomic E-state index is 12.2. The number of methoxy groups -OCH3 is 1. The molecule has 0 radical (unpaired) electrons. The van der Waals surface area contributed by atoms with Crippen LogP contribution in [0.3, 0.4) is 0 Å². The molecule has 0 aliphatic carbocycles. The second kappa shape index (κ2) is 8.24. The maximum atomic E-state index is 12.2. The van der Waals surface area contributed by atoms with Crippen LogP contribution in [-0.4, -0.2) is 34.7 Å². The van der Waals surface area contributed by atoms with E-state index in [1.165, 1.54) is 0 Å². The number of ether oxygens (including phenoxy) is 1. The van der Waals surface area contributed by atoms with Gasteiger partial charge in [-0.25, -0.2) is 13.1 Å². The summed E-state index contributed by atoms with van der Waals surface area (Å²) >= 11 is 0. The zero-order chi connectivity index (χ0) is 15.0. The first-order chi connectivity index (χ1) is 9.47. The third-order valence-corrected chi connectivity index (χ3v) is 4.37. The highest BCUT2D eigenvalue weighted by Crippen LogP contribution is 2.20. The lowest BCUT2D eigenvalue weighted by molar-refractivity contribution is 0.194. The first kappa shape index (κ1) is 16.9. The smallest absolute Gasteiger partial charge is 0.242 e. The van der Waals surface area contributed by atoms with Gasteiger partial charge in [-0.1, -0.05) is 12.1 Å². The molecule has 1 aromatic carbocycles. The quantitative estimate of drug-likeness (QED) is 0.686. The van der Waals surface area contributed by atoms with Gasteiger partial charge in [0.25, 0.3) is 0 Å². The minimum absolute atomic E-state index is 0.130. The molecule has 0 bridgehead atoms. The molecule has 0 saturated carbocycles. The van der Waals surface area contributed by atoms with Crippen LogP contribution >= 0.6 is 0 Å². The van der Waals surface area contributed by atoms with Crippen molar-refractivity contribution < 1.29 is 13.2 Å². The zero-order valence-corrected chi connectivity index (χ0v) is 13.2. The van der Waals surface area contributed by atoms with Gasteiger partial charge >= 0.3 is 0 Å². The summed E-state index contributed by atoms with van der Waals surface area (Å²) in [6.45, 7) is 5.05. The minimum Gasteiger partial charge on any atom is -0.385 e. The summed E-state index contributed by atoms with van der Waals surface area (Å²) in [4.78, 5) is 0.292. The van der Waals surface area contributed by atoms with Crippen LogP contribution in [0, 0.1) is 0 Å². The molecule has 0 saturated heterocycles. The molecule has 0 spiro atoms. The summed E-state index contributed by atoms with van der Waals surface area (Å²) in [5.41, 5.74) is 0.637. The Balaban J connectivity index is 2.73. The first-order valence-corrected chi connectivity index (χ1v) is 8.30. The Labute approximate surface area is 121 Å². The molecule has 114 valence electrons. The largest absolute Gasteiger partial charge is 0.385 e. The Morgan fingerprint density at radius 2 is 1.90 bits per heavy atom. The molecule has 1 rings (SSSR count). The molecule has 0 heterocycles. The van der Waals surface area contributed by atoms with Crippen LogP contribution in [0.1, 0.15) is 26.7 Å². The van der Waals surface area contributed by atoms with Gasteiger partial charge in [-0.3, -0.25) is 0 Å². The van der Waals surface area contributed by atoms with Crippen molar-refractivity contribution in [3.8, 4) is 0 Å². The van der Waals surface area contributed by atoms with Crippen LogP contribution in [0.5, 0.6) is 0 Å². The fourth-order valence-corrected chi connectivity index (χ4v) is 3.25. The van der Waals surface area contributed by atoms with E-state index in [0.29, 0.717) is 10.6 Å². The van der Waals surface area contributed by atoms with E-state index < -0.39 is 10.0 Å². The van der Waals surface area contributed by atoms with Gasteiger partial charge in [0.15, 0.2) is 0 Å². The van der Waals surface area contributed by atoms with Crippen molar-refractivity contribution in [2.75, 3.05) is 25.6 Å². The molecule has 0 fully saturated rings. The first-order valence-electron chi connectivity index (χ1n) is 6.81. The average molecular weight is 300 g/mol. The number of hydrogen-bond acceptors (Lipinski definition) is 4. The molecule has 0 amide bonds. The van der Waals surface area contributed by atoms with Crippen molar-refractivity contribution in [2.45, 2.75) is 37.6 Å². The summed E-state index contributed by atoms with van der Waals surface area (Å²) < 4.78 is 32.0. The van der Waals surface area contributed by atoms with Crippen molar-refractivity contribution in [3.05, 3.63) is 24.3 Å². The molecule has 20 heavy (non-hydrogen) atoms. The second-order valence-electron chi connectivity index (χ2n) is 4.90. The van der Waals surface area contributed by atoms with Crippen molar-refractivity contribution in [1.82, 2.24) is 4.72 Å². The van der Waals surface area contributed by atoms with Gasteiger partial charge in [-0.15, -0.1) is 0 Å². The van der Waals surface area contributed by atoms with Gasteiger partial charge in [-0.2, -0.15) is 0 Å². The maximum Gasteiger partial charge on any atom is 0.242 e. The van der Waals surface area contributed by atoms with Gasteiger partial charge in [0.05, 0.1) is 5.69 Å². The van der Waals surface area contributed by atoms with E-state index >= 15 is 0 Å². The second-order valence-corrected chi connectivity index (χ2v) is 6.58. The molecule has 5 nitrogen and oxygen atoms in total. The van der Waals surface area contributed by atoms with E-state index in [4.69, 9.17) is 4.74 Å². The minimum atomic E-state index is -3.47. The fraction of sp³-hybridized carbons (Fsp3) is 0.571.